The van der Waals surface area contributed by atoms with E-state index in [0.29, 0.717) is 26.3 Å². The van der Waals surface area contributed by atoms with Gasteiger partial charge in [-0.3, -0.25) is 9.59 Å². The Bertz CT molecular complexity index is 786. The van der Waals surface area contributed by atoms with Gasteiger partial charge in [-0.2, -0.15) is 0 Å². The van der Waals surface area contributed by atoms with Crippen molar-refractivity contribution in [3.8, 4) is 0 Å². The molecule has 1 saturated heterocycles. The largest absolute Gasteiger partial charge is 0.378 e. The molecule has 6 nitrogen and oxygen atoms in total. The maximum atomic E-state index is 13.1. The summed E-state index contributed by atoms with van der Waals surface area (Å²) in [4.78, 5) is 28.5. The fraction of sp³-hybridized carbons (Fsp3) is 0.364. The van der Waals surface area contributed by atoms with Crippen LogP contribution in [0.15, 0.2) is 54.6 Å². The van der Waals surface area contributed by atoms with Crippen LogP contribution in [0.25, 0.3) is 0 Å². The molecule has 2 N–H and O–H groups in total. The zero-order chi connectivity index (χ0) is 19.9. The molecular formula is C22H28N3O3+. The highest BCUT2D eigenvalue weighted by atomic mass is 16.5. The lowest BCUT2D eigenvalue weighted by Crippen LogP contribution is -3.11. The van der Waals surface area contributed by atoms with Crippen molar-refractivity contribution in [3.63, 3.8) is 0 Å². The molecule has 0 saturated carbocycles. The minimum atomic E-state index is -0.479. The number of rotatable bonds is 6. The second-order valence-electron chi connectivity index (χ2n) is 7.22. The predicted octanol–water partition coefficient (Wildman–Crippen LogP) is 1.05. The lowest BCUT2D eigenvalue weighted by atomic mass is 10.0. The summed E-state index contributed by atoms with van der Waals surface area (Å²) in [6, 6.07) is 16.9. The van der Waals surface area contributed by atoms with Gasteiger partial charge in [-0.15, -0.1) is 0 Å². The molecule has 1 aliphatic rings. The van der Waals surface area contributed by atoms with Crippen LogP contribution in [-0.2, 0) is 14.3 Å². The van der Waals surface area contributed by atoms with Gasteiger partial charge in [-0.05, 0) is 19.1 Å². The highest BCUT2D eigenvalue weighted by molar-refractivity contribution is 5.94. The van der Waals surface area contributed by atoms with Crippen molar-refractivity contribution < 1.29 is 19.2 Å². The maximum Gasteiger partial charge on any atom is 0.287 e. The van der Waals surface area contributed by atoms with Crippen LogP contribution in [0.5, 0.6) is 0 Å². The summed E-state index contributed by atoms with van der Waals surface area (Å²) < 4.78 is 5.32. The van der Waals surface area contributed by atoms with Gasteiger partial charge in [0.05, 0.1) is 20.3 Å². The molecule has 0 radical (unpaired) electrons. The number of amides is 2. The Labute approximate surface area is 166 Å². The molecule has 2 aromatic rings. The Kier molecular flexibility index (Phi) is 6.79. The van der Waals surface area contributed by atoms with Crippen LogP contribution < -0.4 is 10.2 Å². The van der Waals surface area contributed by atoms with E-state index in [1.165, 1.54) is 0 Å². The van der Waals surface area contributed by atoms with Crippen LogP contribution in [0.1, 0.15) is 17.2 Å². The Morgan fingerprint density at radius 2 is 1.71 bits per heavy atom. The van der Waals surface area contributed by atoms with E-state index in [2.05, 4.69) is 5.32 Å². The molecule has 1 unspecified atom stereocenters. The van der Waals surface area contributed by atoms with Gasteiger partial charge in [0, 0.05) is 24.3 Å². The number of nitrogens with one attached hydrogen (secondary N) is 2. The molecule has 1 heterocycles. The molecule has 28 heavy (non-hydrogen) atoms. The van der Waals surface area contributed by atoms with E-state index >= 15 is 0 Å². The molecule has 1 fully saturated rings. The number of hydrogen-bond donors (Lipinski definition) is 2. The first kappa shape index (κ1) is 20.0. The summed E-state index contributed by atoms with van der Waals surface area (Å²) in [6.45, 7) is 4.62. The number of carbonyl (C=O) groups excluding carboxylic acids is 2. The average Bonchev–Trinajstić information content (AvgIpc) is 2.71. The van der Waals surface area contributed by atoms with Crippen molar-refractivity contribution in [2.24, 2.45) is 0 Å². The Balaban J connectivity index is 1.75. The number of carbonyl (C=O) groups is 2. The topological polar surface area (TPSA) is 63.1 Å². The van der Waals surface area contributed by atoms with Crippen molar-refractivity contribution in [2.45, 2.75) is 13.0 Å². The molecule has 2 amide bonds. The van der Waals surface area contributed by atoms with E-state index in [9.17, 15) is 9.59 Å². The van der Waals surface area contributed by atoms with Crippen LogP contribution >= 0.6 is 0 Å². The summed E-state index contributed by atoms with van der Waals surface area (Å²) in [5, 5.41) is 3.00. The third-order valence-electron chi connectivity index (χ3n) is 5.00. The van der Waals surface area contributed by atoms with E-state index in [1.54, 1.807) is 0 Å². The molecule has 1 aliphatic heterocycles. The number of aryl methyl sites for hydroxylation is 1. The molecule has 0 spiro atoms. The predicted molar refractivity (Wildman–Crippen MR) is 108 cm³/mol. The second kappa shape index (κ2) is 9.48. The van der Waals surface area contributed by atoms with Crippen LogP contribution in [0.3, 0.4) is 0 Å². The highest BCUT2D eigenvalue weighted by Gasteiger charge is 2.32. The Morgan fingerprint density at radius 1 is 1.07 bits per heavy atom. The van der Waals surface area contributed by atoms with E-state index in [0.717, 1.165) is 21.7 Å². The third kappa shape index (κ3) is 5.18. The number of hydrogen-bond acceptors (Lipinski definition) is 3. The van der Waals surface area contributed by atoms with Crippen molar-refractivity contribution >= 4 is 17.5 Å². The lowest BCUT2D eigenvalue weighted by Gasteiger charge is -2.29. The van der Waals surface area contributed by atoms with Crippen molar-refractivity contribution in [2.75, 3.05) is 45.2 Å². The molecule has 3 rings (SSSR count). The van der Waals surface area contributed by atoms with Gasteiger partial charge < -0.3 is 19.9 Å². The van der Waals surface area contributed by atoms with Crippen molar-refractivity contribution in [1.29, 1.82) is 0 Å². The van der Waals surface area contributed by atoms with Gasteiger partial charge in [0.25, 0.3) is 11.8 Å². The molecular weight excluding hydrogens is 354 g/mol. The molecule has 6 heteroatoms. The van der Waals surface area contributed by atoms with Gasteiger partial charge in [0.1, 0.15) is 0 Å². The standard InChI is InChI=1S/C22H27N3O3/c1-17-8-10-19(11-9-17)23-22(27)21(18-6-4-3-5-7-18)24(2)16-20(26)25-12-14-28-15-13-25/h3-11,21H,12-16H2,1-2H3,(H,23,27)/p+1/t21-/m1/s1. The number of anilines is 1. The van der Waals surface area contributed by atoms with Crippen molar-refractivity contribution in [1.82, 2.24) is 4.90 Å². The zero-order valence-corrected chi connectivity index (χ0v) is 16.5. The summed E-state index contributed by atoms with van der Waals surface area (Å²) in [6.07, 6.45) is 0. The van der Waals surface area contributed by atoms with Gasteiger partial charge in [0.2, 0.25) is 0 Å². The fourth-order valence-corrected chi connectivity index (χ4v) is 3.42. The maximum absolute atomic E-state index is 13.1. The van der Waals surface area contributed by atoms with E-state index in [4.69, 9.17) is 4.74 Å². The Hall–Kier alpha value is -2.70. The van der Waals surface area contributed by atoms with Crippen LogP contribution in [0.4, 0.5) is 5.69 Å². The molecule has 2 atom stereocenters. The number of benzene rings is 2. The lowest BCUT2D eigenvalue weighted by molar-refractivity contribution is -0.894. The number of quaternary nitrogens is 1. The monoisotopic (exact) mass is 382 g/mol. The van der Waals surface area contributed by atoms with Gasteiger partial charge >= 0.3 is 0 Å². The van der Waals surface area contributed by atoms with Gasteiger partial charge in [0.15, 0.2) is 12.6 Å². The van der Waals surface area contributed by atoms with E-state index < -0.39 is 6.04 Å². The molecule has 148 valence electrons. The van der Waals surface area contributed by atoms with Gasteiger partial charge in [-0.1, -0.05) is 48.0 Å². The van der Waals surface area contributed by atoms with Gasteiger partial charge in [-0.25, -0.2) is 0 Å². The number of ether oxygens (including phenoxy) is 1. The number of nitrogens with zero attached hydrogens (tertiary/aromatic N) is 1. The highest BCUT2D eigenvalue weighted by Crippen LogP contribution is 2.14. The minimum absolute atomic E-state index is 0.0462. The molecule has 2 aromatic carbocycles. The average molecular weight is 382 g/mol. The Morgan fingerprint density at radius 3 is 2.36 bits per heavy atom. The second-order valence-corrected chi connectivity index (χ2v) is 7.22. The molecule has 0 bridgehead atoms. The van der Waals surface area contributed by atoms with Crippen molar-refractivity contribution in [3.05, 3.63) is 65.7 Å². The fourth-order valence-electron chi connectivity index (χ4n) is 3.42. The summed E-state index contributed by atoms with van der Waals surface area (Å²) >= 11 is 0. The number of likely N-dealkylation sites (N-methyl/N-ethyl adjacent to an activating group) is 1. The first-order valence-electron chi connectivity index (χ1n) is 9.65. The quantitative estimate of drug-likeness (QED) is 0.785. The summed E-state index contributed by atoms with van der Waals surface area (Å²) in [7, 11) is 1.89. The van der Waals surface area contributed by atoms with Crippen LogP contribution in [-0.4, -0.2) is 56.6 Å². The third-order valence-corrected chi connectivity index (χ3v) is 5.00. The van der Waals surface area contributed by atoms with Crippen LogP contribution in [0, 0.1) is 6.92 Å². The smallest absolute Gasteiger partial charge is 0.287 e. The van der Waals surface area contributed by atoms with Crippen LogP contribution in [0.2, 0.25) is 0 Å². The summed E-state index contributed by atoms with van der Waals surface area (Å²) in [5.41, 5.74) is 2.78. The van der Waals surface area contributed by atoms with E-state index in [1.807, 2.05) is 73.5 Å². The minimum Gasteiger partial charge on any atom is -0.378 e. The zero-order valence-electron chi connectivity index (χ0n) is 16.5. The number of morpholine rings is 1. The first-order chi connectivity index (χ1) is 13.5. The van der Waals surface area contributed by atoms with E-state index in [-0.39, 0.29) is 18.4 Å². The first-order valence-corrected chi connectivity index (χ1v) is 9.65. The SMILES string of the molecule is Cc1ccc(NC(=O)[C@@H](c2ccccc2)[NH+](C)CC(=O)N2CCOCC2)cc1. The molecule has 0 aliphatic carbocycles. The molecule has 0 aromatic heterocycles. The normalized spacial score (nSPS) is 16.3. The summed E-state index contributed by atoms with van der Waals surface area (Å²) in [5.74, 6) is -0.0767.